The molecule has 0 spiro atoms. The smallest absolute Gasteiger partial charge is 0.311 e. The topological polar surface area (TPSA) is 52.6 Å². The molecule has 0 bridgehead atoms. The van der Waals surface area contributed by atoms with E-state index in [-0.39, 0.29) is 11.9 Å². The van der Waals surface area contributed by atoms with Crippen molar-refractivity contribution in [3.05, 3.63) is 24.3 Å². The van der Waals surface area contributed by atoms with Gasteiger partial charge in [-0.05, 0) is 30.9 Å². The molecule has 0 saturated heterocycles. The molecule has 0 radical (unpaired) electrons. The van der Waals surface area contributed by atoms with Gasteiger partial charge in [0, 0.05) is 12.8 Å². The number of benzene rings is 1. The monoisotopic (exact) mass is 404 g/mol. The molecular formula is C25H40O4. The number of para-hydroxylation sites is 2. The highest BCUT2D eigenvalue weighted by molar-refractivity contribution is 5.76. The Labute approximate surface area is 177 Å². The highest BCUT2D eigenvalue weighted by atomic mass is 16.6. The first-order valence-electron chi connectivity index (χ1n) is 11.6. The van der Waals surface area contributed by atoms with Gasteiger partial charge in [0.25, 0.3) is 0 Å². The molecule has 0 unspecified atom stereocenters. The van der Waals surface area contributed by atoms with Gasteiger partial charge >= 0.3 is 11.9 Å². The second kappa shape index (κ2) is 16.0. The Balaban J connectivity index is 2.35. The highest BCUT2D eigenvalue weighted by Crippen LogP contribution is 2.28. The highest BCUT2D eigenvalue weighted by Gasteiger charge is 2.14. The average molecular weight is 405 g/mol. The van der Waals surface area contributed by atoms with Crippen molar-refractivity contribution in [3.63, 3.8) is 0 Å². The van der Waals surface area contributed by atoms with Gasteiger partial charge in [0.15, 0.2) is 11.5 Å². The average Bonchev–Trinajstić information content (AvgIpc) is 2.72. The van der Waals surface area contributed by atoms with Gasteiger partial charge in [-0.15, -0.1) is 0 Å². The number of carbonyl (C=O) groups excluding carboxylic acids is 2. The maximum Gasteiger partial charge on any atom is 0.311 e. The summed E-state index contributed by atoms with van der Waals surface area (Å²) in [6.07, 6.45) is 13.2. The van der Waals surface area contributed by atoms with Gasteiger partial charge in [-0.1, -0.05) is 90.7 Å². The lowest BCUT2D eigenvalue weighted by atomic mass is 9.98. The van der Waals surface area contributed by atoms with Crippen LogP contribution < -0.4 is 9.47 Å². The van der Waals surface area contributed by atoms with Gasteiger partial charge in [0.1, 0.15) is 0 Å². The lowest BCUT2D eigenvalue weighted by Crippen LogP contribution is -2.13. The van der Waals surface area contributed by atoms with Crippen molar-refractivity contribution in [2.45, 2.75) is 104 Å². The summed E-state index contributed by atoms with van der Waals surface area (Å²) in [5.41, 5.74) is 0. The minimum absolute atomic E-state index is 0.267. The molecule has 29 heavy (non-hydrogen) atoms. The number of carbonyl (C=O) groups is 2. The minimum atomic E-state index is -0.275. The van der Waals surface area contributed by atoms with E-state index in [0.29, 0.717) is 30.3 Å². The van der Waals surface area contributed by atoms with Crippen LogP contribution in [0.1, 0.15) is 104 Å². The summed E-state index contributed by atoms with van der Waals surface area (Å²) in [4.78, 5) is 24.3. The zero-order chi connectivity index (χ0) is 21.3. The summed E-state index contributed by atoms with van der Waals surface area (Å²) in [6.45, 7) is 6.50. The molecule has 0 saturated carbocycles. The molecular weight excluding hydrogens is 364 g/mol. The van der Waals surface area contributed by atoms with Crippen LogP contribution in [0.3, 0.4) is 0 Å². The van der Waals surface area contributed by atoms with E-state index in [1.807, 2.05) is 0 Å². The van der Waals surface area contributed by atoms with Gasteiger partial charge in [0.05, 0.1) is 0 Å². The zero-order valence-corrected chi connectivity index (χ0v) is 18.7. The van der Waals surface area contributed by atoms with Crippen molar-refractivity contribution in [2.24, 2.45) is 5.92 Å². The first-order chi connectivity index (χ1) is 14.1. The Morgan fingerprint density at radius 3 is 1.72 bits per heavy atom. The Hall–Kier alpha value is -1.84. The van der Waals surface area contributed by atoms with Crippen LogP contribution in [0.25, 0.3) is 0 Å². The molecule has 0 heterocycles. The van der Waals surface area contributed by atoms with E-state index < -0.39 is 0 Å². The zero-order valence-electron chi connectivity index (χ0n) is 18.7. The molecule has 4 heteroatoms. The maximum absolute atomic E-state index is 12.2. The third-order valence-corrected chi connectivity index (χ3v) is 5.44. The molecule has 1 aromatic rings. The van der Waals surface area contributed by atoms with E-state index in [9.17, 15) is 9.59 Å². The van der Waals surface area contributed by atoms with Crippen molar-refractivity contribution in [2.75, 3.05) is 0 Å². The summed E-state index contributed by atoms with van der Waals surface area (Å²) in [7, 11) is 0. The minimum Gasteiger partial charge on any atom is -0.423 e. The maximum atomic E-state index is 12.2. The van der Waals surface area contributed by atoms with Crippen molar-refractivity contribution in [1.29, 1.82) is 0 Å². The Kier molecular flexibility index (Phi) is 13.9. The molecule has 0 aromatic heterocycles. The van der Waals surface area contributed by atoms with Crippen LogP contribution in [0.5, 0.6) is 11.5 Å². The fourth-order valence-electron chi connectivity index (χ4n) is 3.39. The van der Waals surface area contributed by atoms with Crippen molar-refractivity contribution < 1.29 is 19.1 Å². The second-order valence-corrected chi connectivity index (χ2v) is 7.84. The second-order valence-electron chi connectivity index (χ2n) is 7.84. The summed E-state index contributed by atoms with van der Waals surface area (Å²) in [5.74, 6) is 0.654. The molecule has 0 aliphatic heterocycles. The Morgan fingerprint density at radius 1 is 0.724 bits per heavy atom. The van der Waals surface area contributed by atoms with E-state index >= 15 is 0 Å². The van der Waals surface area contributed by atoms with Crippen molar-refractivity contribution in [3.8, 4) is 11.5 Å². The van der Waals surface area contributed by atoms with Crippen LogP contribution >= 0.6 is 0 Å². The van der Waals surface area contributed by atoms with Crippen LogP contribution in [0.2, 0.25) is 0 Å². The third-order valence-electron chi connectivity index (χ3n) is 5.44. The van der Waals surface area contributed by atoms with Crippen LogP contribution in [0.4, 0.5) is 0 Å². The quantitative estimate of drug-likeness (QED) is 0.165. The summed E-state index contributed by atoms with van der Waals surface area (Å²) in [6, 6.07) is 6.91. The number of unbranched alkanes of at least 4 members (excludes halogenated alkanes) is 7. The Morgan fingerprint density at radius 2 is 1.21 bits per heavy atom. The molecule has 0 amide bonds. The lowest BCUT2D eigenvalue weighted by molar-refractivity contribution is -0.137. The van der Waals surface area contributed by atoms with Gasteiger partial charge < -0.3 is 9.47 Å². The fraction of sp³-hybridized carbons (Fsp3) is 0.680. The largest absolute Gasteiger partial charge is 0.423 e. The molecule has 1 aromatic carbocycles. The molecule has 164 valence electrons. The van der Waals surface area contributed by atoms with Crippen LogP contribution in [0.15, 0.2) is 24.3 Å². The van der Waals surface area contributed by atoms with Crippen LogP contribution in [-0.2, 0) is 9.59 Å². The summed E-state index contributed by atoms with van der Waals surface area (Å²) < 4.78 is 10.9. The molecule has 0 fully saturated rings. The third kappa shape index (κ3) is 11.7. The number of rotatable bonds is 16. The van der Waals surface area contributed by atoms with Gasteiger partial charge in [-0.2, -0.15) is 0 Å². The normalized spacial score (nSPS) is 10.9. The lowest BCUT2D eigenvalue weighted by Gasteiger charge is -2.13. The fourth-order valence-corrected chi connectivity index (χ4v) is 3.39. The van der Waals surface area contributed by atoms with Gasteiger partial charge in [-0.25, -0.2) is 0 Å². The number of hydrogen-bond acceptors (Lipinski definition) is 4. The standard InChI is InChI=1S/C25H40O4/c1-4-7-8-9-10-11-12-13-18-24(26)28-22-16-14-15-17-23(22)29-25(27)20-19-21(5-2)6-3/h14-17,21H,4-13,18-20H2,1-3H3. The molecule has 4 nitrogen and oxygen atoms in total. The summed E-state index contributed by atoms with van der Waals surface area (Å²) >= 11 is 0. The van der Waals surface area contributed by atoms with Crippen LogP contribution in [0, 0.1) is 5.92 Å². The van der Waals surface area contributed by atoms with E-state index in [1.165, 1.54) is 38.5 Å². The molecule has 0 N–H and O–H groups in total. The molecule has 1 rings (SSSR count). The van der Waals surface area contributed by atoms with E-state index in [4.69, 9.17) is 9.47 Å². The summed E-state index contributed by atoms with van der Waals surface area (Å²) in [5, 5.41) is 0. The van der Waals surface area contributed by atoms with E-state index in [2.05, 4.69) is 20.8 Å². The molecule has 0 atom stereocenters. The van der Waals surface area contributed by atoms with Gasteiger partial charge in [-0.3, -0.25) is 9.59 Å². The number of hydrogen-bond donors (Lipinski definition) is 0. The molecule has 0 aliphatic carbocycles. The predicted octanol–water partition coefficient (Wildman–Crippen LogP) is 7.24. The SMILES string of the molecule is CCCCCCCCCCC(=O)Oc1ccccc1OC(=O)CCC(CC)CC. The van der Waals surface area contributed by atoms with Crippen LogP contribution in [-0.4, -0.2) is 11.9 Å². The van der Waals surface area contributed by atoms with E-state index in [0.717, 1.165) is 32.1 Å². The van der Waals surface area contributed by atoms with Crippen molar-refractivity contribution in [1.82, 2.24) is 0 Å². The first-order valence-corrected chi connectivity index (χ1v) is 11.6. The first kappa shape index (κ1) is 25.2. The molecule has 0 aliphatic rings. The van der Waals surface area contributed by atoms with Crippen molar-refractivity contribution >= 4 is 11.9 Å². The Bertz CT molecular complexity index is 578. The number of ether oxygens (including phenoxy) is 2. The predicted molar refractivity (Wildman–Crippen MR) is 118 cm³/mol. The van der Waals surface area contributed by atoms with E-state index in [1.54, 1.807) is 24.3 Å². The van der Waals surface area contributed by atoms with Gasteiger partial charge in [0.2, 0.25) is 0 Å². The number of esters is 2.